The summed E-state index contributed by atoms with van der Waals surface area (Å²) in [4.78, 5) is 17.3. The topological polar surface area (TPSA) is 123 Å². The molecule has 2 N–H and O–H groups in total. The summed E-state index contributed by atoms with van der Waals surface area (Å²) >= 11 is 0.929. The number of nitrogens with zero attached hydrogens (tertiary/aromatic N) is 6. The maximum atomic E-state index is 16.4. The third kappa shape index (κ3) is 4.61. The predicted molar refractivity (Wildman–Crippen MR) is 159 cm³/mol. The molecule has 3 aromatic heterocycles. The monoisotopic (exact) mass is 625 g/mol. The van der Waals surface area contributed by atoms with E-state index in [4.69, 9.17) is 19.9 Å². The van der Waals surface area contributed by atoms with Gasteiger partial charge in [0.1, 0.15) is 28.6 Å². The van der Waals surface area contributed by atoms with Gasteiger partial charge in [0, 0.05) is 43.7 Å². The third-order valence-electron chi connectivity index (χ3n) is 8.93. The molecule has 3 fully saturated rings. The molecule has 0 saturated carbocycles. The maximum absolute atomic E-state index is 16.4. The number of thiophene rings is 1. The average molecular weight is 626 g/mol. The smallest absolute Gasteiger partial charge is 0.318 e. The van der Waals surface area contributed by atoms with E-state index in [1.807, 2.05) is 11.0 Å². The van der Waals surface area contributed by atoms with E-state index in [1.165, 1.54) is 20.0 Å². The number of rotatable bonds is 4. The van der Waals surface area contributed by atoms with Gasteiger partial charge < -0.3 is 24.8 Å². The fourth-order valence-corrected chi connectivity index (χ4v) is 7.65. The number of anilines is 2. The van der Waals surface area contributed by atoms with Crippen molar-refractivity contribution in [3.05, 3.63) is 34.5 Å². The number of methoxy groups -OCH3 is 2. The fraction of sp³-hybridized carbons (Fsp3) is 0.467. The number of hydrogen-bond donors (Lipinski definition) is 1. The zero-order chi connectivity index (χ0) is 30.7. The van der Waals surface area contributed by atoms with Crippen molar-refractivity contribution in [3.8, 4) is 23.3 Å². The van der Waals surface area contributed by atoms with Gasteiger partial charge in [-0.25, -0.2) is 13.2 Å². The van der Waals surface area contributed by atoms with Crippen LogP contribution in [0.3, 0.4) is 0 Å². The molecule has 44 heavy (non-hydrogen) atoms. The molecule has 7 heterocycles. The summed E-state index contributed by atoms with van der Waals surface area (Å²) in [6.45, 7) is 3.36. The lowest BCUT2D eigenvalue weighted by Gasteiger charge is -2.39. The van der Waals surface area contributed by atoms with E-state index in [0.717, 1.165) is 36.1 Å². The molecule has 0 spiro atoms. The molecule has 8 rings (SSSR count). The third-order valence-corrected chi connectivity index (χ3v) is 9.95. The van der Waals surface area contributed by atoms with E-state index >= 15 is 4.39 Å². The highest BCUT2D eigenvalue weighted by molar-refractivity contribution is 7.23. The number of nitrogen functional groups attached to an aromatic ring is 1. The number of aromatic nitrogens is 3. The lowest BCUT2D eigenvalue weighted by atomic mass is 9.93. The molecular formula is C30H30F3N7O3S. The minimum absolute atomic E-state index is 0.00628. The average Bonchev–Trinajstić information content (AvgIpc) is 3.77. The van der Waals surface area contributed by atoms with Crippen molar-refractivity contribution < 1.29 is 27.4 Å². The molecule has 2 unspecified atom stereocenters. The summed E-state index contributed by atoms with van der Waals surface area (Å²) in [5, 5.41) is 10.5. The summed E-state index contributed by atoms with van der Waals surface area (Å²) in [5.74, 6) is -0.779. The van der Waals surface area contributed by atoms with Crippen molar-refractivity contribution in [1.29, 1.82) is 5.26 Å². The molecule has 0 bridgehead atoms. The molecule has 14 heteroatoms. The molecule has 2 atom stereocenters. The highest BCUT2D eigenvalue weighted by Gasteiger charge is 2.36. The van der Waals surface area contributed by atoms with Gasteiger partial charge in [-0.1, -0.05) is 0 Å². The van der Waals surface area contributed by atoms with Gasteiger partial charge in [0.25, 0.3) is 0 Å². The van der Waals surface area contributed by atoms with Crippen LogP contribution in [0, 0.1) is 23.0 Å². The number of pyridine rings is 1. The van der Waals surface area contributed by atoms with Gasteiger partial charge in [0.05, 0.1) is 54.0 Å². The van der Waals surface area contributed by atoms with E-state index in [-0.39, 0.29) is 62.8 Å². The lowest BCUT2D eigenvalue weighted by Crippen LogP contribution is -2.52. The summed E-state index contributed by atoms with van der Waals surface area (Å²) < 4.78 is 60.2. The molecule has 0 amide bonds. The number of benzene rings is 1. The first-order valence-electron chi connectivity index (χ1n) is 14.4. The van der Waals surface area contributed by atoms with E-state index in [9.17, 15) is 14.0 Å². The predicted octanol–water partition coefficient (Wildman–Crippen LogP) is 4.70. The second kappa shape index (κ2) is 11.3. The van der Waals surface area contributed by atoms with Crippen LogP contribution < -0.4 is 15.4 Å². The van der Waals surface area contributed by atoms with Gasteiger partial charge in [0.2, 0.25) is 0 Å². The van der Waals surface area contributed by atoms with Crippen molar-refractivity contribution in [2.24, 2.45) is 0 Å². The normalized spacial score (nSPS) is 21.2. The summed E-state index contributed by atoms with van der Waals surface area (Å²) in [6, 6.07) is 2.63. The zero-order valence-corrected chi connectivity index (χ0v) is 25.0. The van der Waals surface area contributed by atoms with E-state index < -0.39 is 17.8 Å². The van der Waals surface area contributed by atoms with Crippen LogP contribution in [-0.4, -0.2) is 78.6 Å². The Balaban J connectivity index is 0.000000296. The first kappa shape index (κ1) is 29.0. The maximum Gasteiger partial charge on any atom is 0.318 e. The zero-order valence-electron chi connectivity index (χ0n) is 24.2. The Morgan fingerprint density at radius 2 is 1.93 bits per heavy atom. The van der Waals surface area contributed by atoms with Crippen molar-refractivity contribution >= 4 is 43.1 Å². The summed E-state index contributed by atoms with van der Waals surface area (Å²) in [7, 11) is 3.05. The number of hydrogen-bond acceptors (Lipinski definition) is 11. The van der Waals surface area contributed by atoms with Crippen molar-refractivity contribution in [3.63, 3.8) is 0 Å². The Hall–Kier alpha value is -3.77. The highest BCUT2D eigenvalue weighted by Crippen LogP contribution is 2.47. The van der Waals surface area contributed by atoms with Crippen molar-refractivity contribution in [1.82, 2.24) is 19.9 Å². The molecule has 1 aromatic carbocycles. The first-order chi connectivity index (χ1) is 21.3. The van der Waals surface area contributed by atoms with Crippen molar-refractivity contribution in [2.45, 2.75) is 50.8 Å². The molecule has 3 saturated heterocycles. The van der Waals surface area contributed by atoms with Crippen LogP contribution in [0.15, 0.2) is 6.20 Å². The highest BCUT2D eigenvalue weighted by atomic mass is 32.1. The second-order valence-corrected chi connectivity index (χ2v) is 12.4. The number of nitrogens with two attached hydrogens (primary N) is 1. The molecule has 10 nitrogen and oxygen atoms in total. The van der Waals surface area contributed by atoms with Gasteiger partial charge in [0.15, 0.2) is 11.6 Å². The molecule has 0 aliphatic carbocycles. The largest absolute Gasteiger partial charge is 0.467 e. The Bertz CT molecular complexity index is 1810. The summed E-state index contributed by atoms with van der Waals surface area (Å²) in [6.07, 6.45) is 3.87. The second-order valence-electron chi connectivity index (χ2n) is 11.4. The van der Waals surface area contributed by atoms with Gasteiger partial charge in [-0.3, -0.25) is 9.88 Å². The van der Waals surface area contributed by atoms with Gasteiger partial charge >= 0.3 is 6.01 Å². The molecule has 4 aromatic rings. The van der Waals surface area contributed by atoms with Crippen LogP contribution in [0.25, 0.3) is 32.2 Å². The molecule has 4 aliphatic rings. The van der Waals surface area contributed by atoms with Gasteiger partial charge in [-0.05, 0) is 36.9 Å². The Morgan fingerprint density at radius 3 is 2.66 bits per heavy atom. The van der Waals surface area contributed by atoms with Crippen molar-refractivity contribution in [2.75, 3.05) is 51.0 Å². The van der Waals surface area contributed by atoms with E-state index in [2.05, 4.69) is 19.9 Å². The molecule has 0 radical (unpaired) electrons. The van der Waals surface area contributed by atoms with Crippen LogP contribution in [0.4, 0.5) is 24.0 Å². The van der Waals surface area contributed by atoms with Gasteiger partial charge in [-0.2, -0.15) is 15.2 Å². The fourth-order valence-electron chi connectivity index (χ4n) is 6.73. The summed E-state index contributed by atoms with van der Waals surface area (Å²) in [5.41, 5.74) is 7.59. The van der Waals surface area contributed by atoms with Crippen LogP contribution in [0.5, 0.6) is 6.01 Å². The van der Waals surface area contributed by atoms with Crippen LogP contribution in [-0.2, 0) is 22.7 Å². The molecule has 230 valence electrons. The lowest BCUT2D eigenvalue weighted by molar-refractivity contribution is 0.0784. The number of fused-ring (bicyclic) bond motifs is 5. The number of ether oxygens (including phenoxy) is 3. The van der Waals surface area contributed by atoms with Gasteiger partial charge in [-0.15, -0.1) is 11.3 Å². The van der Waals surface area contributed by atoms with Crippen LogP contribution in [0.2, 0.25) is 0 Å². The van der Waals surface area contributed by atoms with Crippen LogP contribution >= 0.6 is 11.3 Å². The SMILES string of the molecule is COc1nc(N2CC(OC)C2)c2c3c(c(-c4ncc(F)c5sc(N)c(C#N)c45)c(F)c2n1)COC3.FC1CC2CCCN2C1. The Labute approximate surface area is 255 Å². The van der Waals surface area contributed by atoms with E-state index in [1.54, 1.807) is 7.11 Å². The molecule has 4 aliphatic heterocycles. The number of nitriles is 1. The number of halogens is 3. The molecular weight excluding hydrogens is 595 g/mol. The quantitative estimate of drug-likeness (QED) is 0.341. The standard InChI is InChI=1S/C23H18F2N6O3S.C7H12FN/c1-32-9-5-31(6-9)22-16-12-8-34-7-11(12)14(17(25)19(16)29-23(30-22)33-2)18-15-10(3-26)21(27)35-20(15)13(24)4-28-18;8-6-4-7-2-1-3-9(7)5-6/h4,9H,5-8,27H2,1-2H3;6-7H,1-5H2. The first-order valence-corrected chi connectivity index (χ1v) is 15.2. The number of alkyl halides is 1. The Morgan fingerprint density at radius 1 is 1.14 bits per heavy atom. The minimum atomic E-state index is -0.677. The minimum Gasteiger partial charge on any atom is -0.467 e. The Kier molecular flexibility index (Phi) is 7.44. The van der Waals surface area contributed by atoms with E-state index in [0.29, 0.717) is 42.4 Å². The van der Waals surface area contributed by atoms with Crippen LogP contribution in [0.1, 0.15) is 36.0 Å².